The molecule has 0 aliphatic carbocycles. The van der Waals surface area contributed by atoms with Gasteiger partial charge in [0, 0.05) is 18.6 Å². The van der Waals surface area contributed by atoms with Crippen molar-refractivity contribution in [2.45, 2.75) is 45.2 Å². The first-order valence-corrected chi connectivity index (χ1v) is 7.84. The number of likely N-dealkylation sites (N-methyl/N-ethyl adjacent to an activating group) is 1. The Hall–Kier alpha value is -1.06. The van der Waals surface area contributed by atoms with Gasteiger partial charge >= 0.3 is 0 Å². The van der Waals surface area contributed by atoms with Crippen LogP contribution < -0.4 is 10.1 Å². The predicted octanol–water partition coefficient (Wildman–Crippen LogP) is 2.70. The first kappa shape index (κ1) is 15.3. The Morgan fingerprint density at radius 1 is 1.40 bits per heavy atom. The number of para-hydroxylation sites is 1. The molecule has 2 rings (SSSR count). The lowest BCUT2D eigenvalue weighted by atomic mass is 10.1. The second kappa shape index (κ2) is 7.65. The Morgan fingerprint density at radius 3 is 2.95 bits per heavy atom. The highest BCUT2D eigenvalue weighted by molar-refractivity contribution is 5.33. The average Bonchev–Trinajstić information content (AvgIpc) is 2.93. The molecule has 3 heteroatoms. The van der Waals surface area contributed by atoms with Crippen LogP contribution in [0.2, 0.25) is 0 Å². The van der Waals surface area contributed by atoms with E-state index in [9.17, 15) is 0 Å². The molecule has 20 heavy (non-hydrogen) atoms. The monoisotopic (exact) mass is 276 g/mol. The number of likely N-dealkylation sites (tertiary alicyclic amines) is 1. The minimum Gasteiger partial charge on any atom is -0.496 e. The summed E-state index contributed by atoms with van der Waals surface area (Å²) in [4.78, 5) is 2.59. The summed E-state index contributed by atoms with van der Waals surface area (Å²) in [6, 6.07) is 9.51. The molecule has 2 atom stereocenters. The lowest BCUT2D eigenvalue weighted by Crippen LogP contribution is -2.41. The van der Waals surface area contributed by atoms with Crippen LogP contribution in [0.4, 0.5) is 0 Å². The van der Waals surface area contributed by atoms with Gasteiger partial charge in [0.2, 0.25) is 0 Å². The summed E-state index contributed by atoms with van der Waals surface area (Å²) in [6.45, 7) is 8.06. The fourth-order valence-corrected chi connectivity index (χ4v) is 3.15. The van der Waals surface area contributed by atoms with Crippen LogP contribution in [0.3, 0.4) is 0 Å². The van der Waals surface area contributed by atoms with E-state index in [1.807, 2.05) is 12.1 Å². The molecule has 3 nitrogen and oxygen atoms in total. The molecule has 1 saturated heterocycles. The predicted molar refractivity (Wildman–Crippen MR) is 84.4 cm³/mol. The topological polar surface area (TPSA) is 24.5 Å². The second-order valence-electron chi connectivity index (χ2n) is 5.75. The summed E-state index contributed by atoms with van der Waals surface area (Å²) in [7, 11) is 1.74. The minimum absolute atomic E-state index is 0.477. The van der Waals surface area contributed by atoms with Crippen molar-refractivity contribution in [3.8, 4) is 5.75 Å². The van der Waals surface area contributed by atoms with E-state index in [1.54, 1.807) is 7.11 Å². The van der Waals surface area contributed by atoms with Crippen LogP contribution in [0.1, 0.15) is 32.3 Å². The zero-order valence-electron chi connectivity index (χ0n) is 13.1. The molecule has 1 aromatic rings. The van der Waals surface area contributed by atoms with Crippen LogP contribution in [0, 0.1) is 0 Å². The summed E-state index contributed by atoms with van der Waals surface area (Å²) in [5, 5.41) is 3.69. The van der Waals surface area contributed by atoms with Crippen molar-refractivity contribution < 1.29 is 4.74 Å². The molecule has 0 spiro atoms. The van der Waals surface area contributed by atoms with Crippen LogP contribution >= 0.6 is 0 Å². The largest absolute Gasteiger partial charge is 0.496 e. The standard InChI is InChI=1S/C17H28N2O/c1-4-19-11-7-9-16(19)13-18-14(2)12-15-8-5-6-10-17(15)20-3/h5-6,8,10,14,16,18H,4,7,9,11-13H2,1-3H3. The molecule has 1 heterocycles. The summed E-state index contributed by atoms with van der Waals surface area (Å²) in [5.74, 6) is 0.997. The number of benzene rings is 1. The van der Waals surface area contributed by atoms with E-state index in [0.29, 0.717) is 6.04 Å². The zero-order chi connectivity index (χ0) is 14.4. The van der Waals surface area contributed by atoms with Crippen molar-refractivity contribution in [3.05, 3.63) is 29.8 Å². The van der Waals surface area contributed by atoms with Crippen LogP contribution in [0.5, 0.6) is 5.75 Å². The highest BCUT2D eigenvalue weighted by Gasteiger charge is 2.22. The number of ether oxygens (including phenoxy) is 1. The lowest BCUT2D eigenvalue weighted by molar-refractivity contribution is 0.254. The SMILES string of the molecule is CCN1CCCC1CNC(C)Cc1ccccc1OC. The quantitative estimate of drug-likeness (QED) is 0.828. The van der Waals surface area contributed by atoms with Gasteiger partial charge in [-0.1, -0.05) is 25.1 Å². The van der Waals surface area contributed by atoms with Gasteiger partial charge < -0.3 is 10.1 Å². The number of hydrogen-bond donors (Lipinski definition) is 1. The molecule has 2 unspecified atom stereocenters. The summed E-state index contributed by atoms with van der Waals surface area (Å²) < 4.78 is 5.42. The number of hydrogen-bond acceptors (Lipinski definition) is 3. The third-order valence-electron chi connectivity index (χ3n) is 4.33. The van der Waals surface area contributed by atoms with Crippen molar-refractivity contribution in [1.82, 2.24) is 10.2 Å². The maximum absolute atomic E-state index is 5.42. The molecule has 0 radical (unpaired) electrons. The first-order valence-electron chi connectivity index (χ1n) is 7.84. The zero-order valence-corrected chi connectivity index (χ0v) is 13.1. The van der Waals surface area contributed by atoms with Gasteiger partial charge in [0.05, 0.1) is 7.11 Å². The molecule has 0 bridgehead atoms. The molecule has 0 amide bonds. The molecule has 0 aromatic heterocycles. The summed E-state index contributed by atoms with van der Waals surface area (Å²) >= 11 is 0. The maximum atomic E-state index is 5.42. The van der Waals surface area contributed by atoms with E-state index in [0.717, 1.165) is 24.8 Å². The third kappa shape index (κ3) is 3.97. The van der Waals surface area contributed by atoms with E-state index in [1.165, 1.54) is 31.5 Å². The highest BCUT2D eigenvalue weighted by Crippen LogP contribution is 2.19. The fraction of sp³-hybridized carbons (Fsp3) is 0.647. The number of nitrogens with zero attached hydrogens (tertiary/aromatic N) is 1. The second-order valence-corrected chi connectivity index (χ2v) is 5.75. The number of nitrogens with one attached hydrogen (secondary N) is 1. The van der Waals surface area contributed by atoms with Gasteiger partial charge in [0.15, 0.2) is 0 Å². The van der Waals surface area contributed by atoms with E-state index >= 15 is 0 Å². The molecule has 1 aliphatic rings. The van der Waals surface area contributed by atoms with Crippen LogP contribution in [-0.2, 0) is 6.42 Å². The van der Waals surface area contributed by atoms with Gasteiger partial charge in [0.1, 0.15) is 5.75 Å². The Balaban J connectivity index is 1.82. The molecule has 1 fully saturated rings. The van der Waals surface area contributed by atoms with E-state index in [-0.39, 0.29) is 0 Å². The Labute approximate surface area is 123 Å². The Kier molecular flexibility index (Phi) is 5.86. The molecule has 112 valence electrons. The molecule has 0 saturated carbocycles. The summed E-state index contributed by atoms with van der Waals surface area (Å²) in [6.07, 6.45) is 3.70. The third-order valence-corrected chi connectivity index (χ3v) is 4.33. The smallest absolute Gasteiger partial charge is 0.122 e. The van der Waals surface area contributed by atoms with Crippen molar-refractivity contribution in [3.63, 3.8) is 0 Å². The van der Waals surface area contributed by atoms with Gasteiger partial charge in [-0.15, -0.1) is 0 Å². The van der Waals surface area contributed by atoms with Gasteiger partial charge in [-0.25, -0.2) is 0 Å². The van der Waals surface area contributed by atoms with Gasteiger partial charge in [0.25, 0.3) is 0 Å². The van der Waals surface area contributed by atoms with Crippen molar-refractivity contribution in [2.75, 3.05) is 26.7 Å². The van der Waals surface area contributed by atoms with Crippen LogP contribution in [0.25, 0.3) is 0 Å². The number of methoxy groups -OCH3 is 1. The van der Waals surface area contributed by atoms with Crippen LogP contribution in [-0.4, -0.2) is 43.7 Å². The van der Waals surface area contributed by atoms with Gasteiger partial charge in [-0.05, 0) is 50.9 Å². The van der Waals surface area contributed by atoms with Crippen molar-refractivity contribution >= 4 is 0 Å². The molecular formula is C17H28N2O. The average molecular weight is 276 g/mol. The van der Waals surface area contributed by atoms with E-state index in [2.05, 4.69) is 36.2 Å². The first-order chi connectivity index (χ1) is 9.74. The number of rotatable bonds is 7. The van der Waals surface area contributed by atoms with Gasteiger partial charge in [-0.2, -0.15) is 0 Å². The van der Waals surface area contributed by atoms with Crippen molar-refractivity contribution in [2.24, 2.45) is 0 Å². The van der Waals surface area contributed by atoms with E-state index < -0.39 is 0 Å². The highest BCUT2D eigenvalue weighted by atomic mass is 16.5. The fourth-order valence-electron chi connectivity index (χ4n) is 3.15. The maximum Gasteiger partial charge on any atom is 0.122 e. The van der Waals surface area contributed by atoms with Gasteiger partial charge in [-0.3, -0.25) is 4.90 Å². The Bertz CT molecular complexity index is 408. The molecule has 1 aromatic carbocycles. The molecule has 1 N–H and O–H groups in total. The van der Waals surface area contributed by atoms with Crippen LogP contribution in [0.15, 0.2) is 24.3 Å². The summed E-state index contributed by atoms with van der Waals surface area (Å²) in [5.41, 5.74) is 1.29. The molecule has 1 aliphatic heterocycles. The normalized spacial score (nSPS) is 21.1. The van der Waals surface area contributed by atoms with E-state index in [4.69, 9.17) is 4.74 Å². The molecular weight excluding hydrogens is 248 g/mol. The van der Waals surface area contributed by atoms with Crippen molar-refractivity contribution in [1.29, 1.82) is 0 Å². The lowest BCUT2D eigenvalue weighted by Gasteiger charge is -2.25. The Morgan fingerprint density at radius 2 is 2.20 bits per heavy atom. The minimum atomic E-state index is 0.477.